The molecular weight excluding hydrogens is 300 g/mol. The van der Waals surface area contributed by atoms with Crippen LogP contribution in [-0.4, -0.2) is 17.3 Å². The normalized spacial score (nSPS) is 46.9. The maximum Gasteiger partial charge on any atom is 0.178 e. The lowest BCUT2D eigenvalue weighted by atomic mass is 9.47. The number of carbonyl (C=O) groups is 3. The zero-order valence-corrected chi connectivity index (χ0v) is 14.8. The fraction of sp³-hybridized carbons (Fsp3) is 0.667. The van der Waals surface area contributed by atoms with Crippen molar-refractivity contribution in [3.8, 4) is 0 Å². The Morgan fingerprint density at radius 1 is 1.17 bits per heavy atom. The van der Waals surface area contributed by atoms with Crippen molar-refractivity contribution >= 4 is 17.3 Å². The SMILES string of the molecule is CC(=O)[C@H]1CC[C@H]2[C@@H]3CCC4=CC(=O)C=C[C@@]4(C)[C@H]3C(=O)C[C@@]12C. The van der Waals surface area contributed by atoms with E-state index in [1.165, 1.54) is 0 Å². The van der Waals surface area contributed by atoms with Crippen LogP contribution in [0.4, 0.5) is 0 Å². The predicted octanol–water partition coefficient (Wildman–Crippen LogP) is 3.68. The molecule has 0 aromatic rings. The minimum Gasteiger partial charge on any atom is -0.300 e. The number of carbonyl (C=O) groups excluding carboxylic acids is 3. The fourth-order valence-corrected chi connectivity index (χ4v) is 6.70. The van der Waals surface area contributed by atoms with Gasteiger partial charge in [0.2, 0.25) is 0 Å². The summed E-state index contributed by atoms with van der Waals surface area (Å²) in [6, 6.07) is 0. The molecule has 4 rings (SSSR count). The van der Waals surface area contributed by atoms with Crippen molar-refractivity contribution in [3.05, 3.63) is 23.8 Å². The first-order valence-corrected chi connectivity index (χ1v) is 9.25. The average Bonchev–Trinajstić information content (AvgIpc) is 2.84. The highest BCUT2D eigenvalue weighted by Gasteiger charge is 2.62. The summed E-state index contributed by atoms with van der Waals surface area (Å²) in [6.45, 7) is 6.00. The standard InChI is InChI=1S/C21H26O3/c1-12(22)16-6-7-17-15-5-4-13-10-14(23)8-9-20(13,2)19(15)18(24)11-21(16,17)3/h8-10,15-17,19H,4-7,11H2,1-3H3/t15-,16+,17-,19+,20+,21-/m0/s1. The van der Waals surface area contributed by atoms with Gasteiger partial charge in [-0.25, -0.2) is 0 Å². The van der Waals surface area contributed by atoms with Crippen molar-refractivity contribution in [3.63, 3.8) is 0 Å². The van der Waals surface area contributed by atoms with Gasteiger partial charge in [-0.2, -0.15) is 0 Å². The van der Waals surface area contributed by atoms with E-state index in [1.807, 2.05) is 6.08 Å². The molecule has 0 aromatic heterocycles. The van der Waals surface area contributed by atoms with Gasteiger partial charge in [0.15, 0.2) is 5.78 Å². The quantitative estimate of drug-likeness (QED) is 0.738. The van der Waals surface area contributed by atoms with Crippen molar-refractivity contribution in [2.75, 3.05) is 0 Å². The van der Waals surface area contributed by atoms with Crippen LogP contribution in [0.2, 0.25) is 0 Å². The lowest BCUT2D eigenvalue weighted by Crippen LogP contribution is -2.54. The fourth-order valence-electron chi connectivity index (χ4n) is 6.70. The van der Waals surface area contributed by atoms with E-state index in [2.05, 4.69) is 13.8 Å². The van der Waals surface area contributed by atoms with Gasteiger partial charge in [0.05, 0.1) is 0 Å². The average molecular weight is 326 g/mol. The number of allylic oxidation sites excluding steroid dienone is 4. The van der Waals surface area contributed by atoms with Gasteiger partial charge in [0.25, 0.3) is 0 Å². The molecule has 0 aromatic carbocycles. The van der Waals surface area contributed by atoms with Crippen molar-refractivity contribution < 1.29 is 14.4 Å². The maximum absolute atomic E-state index is 13.2. The first-order valence-electron chi connectivity index (χ1n) is 9.25. The van der Waals surface area contributed by atoms with Crippen LogP contribution in [0.5, 0.6) is 0 Å². The molecule has 0 unspecified atom stereocenters. The number of fused-ring (bicyclic) bond motifs is 5. The second-order valence-corrected chi connectivity index (χ2v) is 8.86. The van der Waals surface area contributed by atoms with E-state index in [0.717, 1.165) is 31.3 Å². The molecular formula is C21H26O3. The Morgan fingerprint density at radius 2 is 1.92 bits per heavy atom. The molecule has 3 saturated carbocycles. The lowest BCUT2D eigenvalue weighted by Gasteiger charge is -2.55. The summed E-state index contributed by atoms with van der Waals surface area (Å²) in [5.74, 6) is 1.42. The Hall–Kier alpha value is -1.51. The van der Waals surface area contributed by atoms with Gasteiger partial charge >= 0.3 is 0 Å². The van der Waals surface area contributed by atoms with E-state index in [0.29, 0.717) is 24.0 Å². The summed E-state index contributed by atoms with van der Waals surface area (Å²) in [7, 11) is 0. The van der Waals surface area contributed by atoms with Crippen LogP contribution in [0.15, 0.2) is 23.8 Å². The van der Waals surface area contributed by atoms with E-state index in [1.54, 1.807) is 19.1 Å². The third kappa shape index (κ3) is 1.93. The van der Waals surface area contributed by atoms with Crippen LogP contribution >= 0.6 is 0 Å². The summed E-state index contributed by atoms with van der Waals surface area (Å²) in [5.41, 5.74) is 0.675. The third-order valence-electron chi connectivity index (χ3n) is 7.74. The molecule has 24 heavy (non-hydrogen) atoms. The molecule has 0 aliphatic heterocycles. The molecule has 3 nitrogen and oxygen atoms in total. The molecule has 0 amide bonds. The maximum atomic E-state index is 13.2. The number of hydrogen-bond donors (Lipinski definition) is 0. The van der Waals surface area contributed by atoms with Gasteiger partial charge in [-0.05, 0) is 62.0 Å². The summed E-state index contributed by atoms with van der Waals surface area (Å²) < 4.78 is 0. The summed E-state index contributed by atoms with van der Waals surface area (Å²) in [6.07, 6.45) is 9.77. The molecule has 0 saturated heterocycles. The number of Topliss-reactive ketones (excluding diaryl/α,β-unsaturated/α-hetero) is 2. The zero-order chi connectivity index (χ0) is 17.3. The molecule has 0 bridgehead atoms. The van der Waals surface area contributed by atoms with E-state index in [9.17, 15) is 14.4 Å². The highest BCUT2D eigenvalue weighted by atomic mass is 16.1. The van der Waals surface area contributed by atoms with Crippen LogP contribution in [0, 0.1) is 34.5 Å². The monoisotopic (exact) mass is 326 g/mol. The van der Waals surface area contributed by atoms with Gasteiger partial charge in [0, 0.05) is 23.7 Å². The molecule has 3 heteroatoms. The van der Waals surface area contributed by atoms with E-state index >= 15 is 0 Å². The van der Waals surface area contributed by atoms with Crippen molar-refractivity contribution in [1.29, 1.82) is 0 Å². The lowest BCUT2D eigenvalue weighted by molar-refractivity contribution is -0.145. The van der Waals surface area contributed by atoms with E-state index in [4.69, 9.17) is 0 Å². The Balaban J connectivity index is 1.75. The summed E-state index contributed by atoms with van der Waals surface area (Å²) in [4.78, 5) is 37.1. The van der Waals surface area contributed by atoms with Crippen LogP contribution in [0.1, 0.15) is 52.9 Å². The van der Waals surface area contributed by atoms with Gasteiger partial charge in [-0.3, -0.25) is 14.4 Å². The van der Waals surface area contributed by atoms with E-state index < -0.39 is 0 Å². The minimum atomic E-state index is -0.302. The van der Waals surface area contributed by atoms with Gasteiger partial charge in [-0.15, -0.1) is 0 Å². The Kier molecular flexibility index (Phi) is 3.33. The highest BCUT2D eigenvalue weighted by Crippen LogP contribution is 2.64. The topological polar surface area (TPSA) is 51.2 Å². The van der Waals surface area contributed by atoms with E-state index in [-0.39, 0.29) is 34.2 Å². The molecule has 0 N–H and O–H groups in total. The highest BCUT2D eigenvalue weighted by molar-refractivity contribution is 6.01. The van der Waals surface area contributed by atoms with Crippen LogP contribution in [0.25, 0.3) is 0 Å². The Morgan fingerprint density at radius 3 is 2.62 bits per heavy atom. The third-order valence-corrected chi connectivity index (χ3v) is 7.74. The smallest absolute Gasteiger partial charge is 0.178 e. The number of hydrogen-bond acceptors (Lipinski definition) is 3. The van der Waals surface area contributed by atoms with Crippen LogP contribution in [0.3, 0.4) is 0 Å². The van der Waals surface area contributed by atoms with Gasteiger partial charge in [-0.1, -0.05) is 25.5 Å². The molecule has 4 aliphatic carbocycles. The zero-order valence-electron chi connectivity index (χ0n) is 14.8. The van der Waals surface area contributed by atoms with Gasteiger partial charge < -0.3 is 0 Å². The van der Waals surface area contributed by atoms with Crippen molar-refractivity contribution in [2.24, 2.45) is 34.5 Å². The molecule has 0 spiro atoms. The molecule has 128 valence electrons. The first kappa shape index (κ1) is 16.0. The molecule has 0 heterocycles. The van der Waals surface area contributed by atoms with Crippen LogP contribution < -0.4 is 0 Å². The van der Waals surface area contributed by atoms with Crippen molar-refractivity contribution in [2.45, 2.75) is 52.9 Å². The summed E-state index contributed by atoms with van der Waals surface area (Å²) in [5, 5.41) is 0. The summed E-state index contributed by atoms with van der Waals surface area (Å²) >= 11 is 0. The molecule has 6 atom stereocenters. The van der Waals surface area contributed by atoms with Gasteiger partial charge in [0.1, 0.15) is 11.6 Å². The molecule has 4 aliphatic rings. The second kappa shape index (κ2) is 5.00. The second-order valence-electron chi connectivity index (χ2n) is 8.86. The molecule has 3 fully saturated rings. The number of ketones is 3. The molecule has 0 radical (unpaired) electrons. The number of rotatable bonds is 1. The minimum absolute atomic E-state index is 0.0226. The van der Waals surface area contributed by atoms with Crippen LogP contribution in [-0.2, 0) is 14.4 Å². The predicted molar refractivity (Wildman–Crippen MR) is 91.2 cm³/mol. The Bertz CT molecular complexity index is 700. The van der Waals surface area contributed by atoms with Crippen molar-refractivity contribution in [1.82, 2.24) is 0 Å². The first-order chi connectivity index (χ1) is 11.3. The Labute approximate surface area is 143 Å². The largest absolute Gasteiger partial charge is 0.300 e.